The first-order valence-corrected chi connectivity index (χ1v) is 13.8. The molecule has 0 spiro atoms. The van der Waals surface area contributed by atoms with Crippen LogP contribution in [0.4, 0.5) is 0 Å². The maximum absolute atomic E-state index is 12.0. The molecular weight excluding hydrogens is 430 g/mol. The zero-order chi connectivity index (χ0) is 23.4. The Morgan fingerprint density at radius 1 is 0.758 bits per heavy atom. The van der Waals surface area contributed by atoms with Crippen molar-refractivity contribution in [2.45, 2.75) is 102 Å². The molecule has 0 atom stereocenters. The number of pyridine rings is 1. The highest BCUT2D eigenvalue weighted by Gasteiger charge is 2.08. The summed E-state index contributed by atoms with van der Waals surface area (Å²) in [5, 5.41) is 0.562. The number of rotatable bonds is 19. The number of carbonyl (C=O) groups excluding carboxylic acids is 1. The number of ether oxygens (including phenoxy) is 1. The van der Waals surface area contributed by atoms with Gasteiger partial charge in [0, 0.05) is 12.4 Å². The Morgan fingerprint density at radius 3 is 2.00 bits per heavy atom. The van der Waals surface area contributed by atoms with Crippen LogP contribution in [0.3, 0.4) is 0 Å². The first kappa shape index (κ1) is 27.3. The van der Waals surface area contributed by atoms with Crippen LogP contribution in [0.2, 0.25) is 0 Å². The summed E-state index contributed by atoms with van der Waals surface area (Å²) in [5.41, 5.74) is 1.55. The molecule has 0 fully saturated rings. The van der Waals surface area contributed by atoms with E-state index in [0.717, 1.165) is 24.2 Å². The number of esters is 1. The summed E-state index contributed by atoms with van der Waals surface area (Å²) < 4.78 is 5.36. The maximum atomic E-state index is 12.0. The number of hydrogen-bond donors (Lipinski definition) is 0. The second-order valence-electron chi connectivity index (χ2n) is 8.54. The topological polar surface area (TPSA) is 65.0 Å². The van der Waals surface area contributed by atoms with Gasteiger partial charge in [0.25, 0.3) is 0 Å². The van der Waals surface area contributed by atoms with Crippen LogP contribution in [0, 0.1) is 0 Å². The summed E-state index contributed by atoms with van der Waals surface area (Å²) >= 11 is 1.30. The number of thioether (sulfide) groups is 1. The van der Waals surface area contributed by atoms with Gasteiger partial charge in [-0.2, -0.15) is 0 Å². The average molecular weight is 472 g/mol. The lowest BCUT2D eigenvalue weighted by Crippen LogP contribution is -2.09. The molecule has 5 nitrogen and oxygen atoms in total. The number of nitrogens with zero attached hydrogens (tertiary/aromatic N) is 3. The molecular formula is C27H41N3O2S. The van der Waals surface area contributed by atoms with Gasteiger partial charge < -0.3 is 4.74 Å². The number of unbranched alkanes of at least 4 members (excludes halogenated alkanes) is 13. The predicted octanol–water partition coefficient (Wildman–Crippen LogP) is 7.66. The minimum Gasteiger partial charge on any atom is -0.465 e. The van der Waals surface area contributed by atoms with Gasteiger partial charge in [0.1, 0.15) is 0 Å². The van der Waals surface area contributed by atoms with E-state index in [-0.39, 0.29) is 11.7 Å². The largest absolute Gasteiger partial charge is 0.465 e. The summed E-state index contributed by atoms with van der Waals surface area (Å²) in [4.78, 5) is 25.0. The van der Waals surface area contributed by atoms with Crippen molar-refractivity contribution >= 4 is 17.7 Å². The lowest BCUT2D eigenvalue weighted by Gasteiger charge is -2.06. The standard InChI is InChI=1S/C27H41N3O2S/c1-2-3-4-5-6-7-8-9-10-11-12-13-14-17-22-32-26(31)23-33-27-29-21-19-25(30-27)24-18-15-16-20-28-24/h15-16,18-21H,2-14,17,22-23H2,1H3. The summed E-state index contributed by atoms with van der Waals surface area (Å²) in [6.07, 6.45) is 21.9. The molecule has 0 saturated carbocycles. The maximum Gasteiger partial charge on any atom is 0.316 e. The second kappa shape index (κ2) is 18.5. The zero-order valence-electron chi connectivity index (χ0n) is 20.3. The molecule has 0 unspecified atom stereocenters. The van der Waals surface area contributed by atoms with Crippen LogP contribution in [0.15, 0.2) is 41.8 Å². The van der Waals surface area contributed by atoms with Gasteiger partial charge in [-0.05, 0) is 24.6 Å². The van der Waals surface area contributed by atoms with Crippen molar-refractivity contribution in [3.8, 4) is 11.4 Å². The molecule has 0 amide bonds. The van der Waals surface area contributed by atoms with Gasteiger partial charge in [0.2, 0.25) is 0 Å². The van der Waals surface area contributed by atoms with Crippen molar-refractivity contribution in [1.82, 2.24) is 15.0 Å². The SMILES string of the molecule is CCCCCCCCCCCCCCCCOC(=O)CSc1nccc(-c2ccccn2)n1. The molecule has 2 aromatic heterocycles. The lowest BCUT2D eigenvalue weighted by molar-refractivity contribution is -0.140. The van der Waals surface area contributed by atoms with Gasteiger partial charge in [-0.25, -0.2) is 9.97 Å². The van der Waals surface area contributed by atoms with Gasteiger partial charge in [-0.3, -0.25) is 9.78 Å². The molecule has 0 radical (unpaired) electrons. The first-order valence-electron chi connectivity index (χ1n) is 12.8. The normalized spacial score (nSPS) is 10.9. The Labute approximate surface area is 204 Å². The highest BCUT2D eigenvalue weighted by atomic mass is 32.2. The van der Waals surface area contributed by atoms with Crippen LogP contribution in [0.1, 0.15) is 96.8 Å². The van der Waals surface area contributed by atoms with Gasteiger partial charge in [0.15, 0.2) is 5.16 Å². The fourth-order valence-corrected chi connectivity index (χ4v) is 4.34. The highest BCUT2D eigenvalue weighted by Crippen LogP contribution is 2.18. The van der Waals surface area contributed by atoms with Gasteiger partial charge >= 0.3 is 5.97 Å². The first-order chi connectivity index (χ1) is 16.3. The Kier molecular flexibility index (Phi) is 15.3. The minimum atomic E-state index is -0.207. The van der Waals surface area contributed by atoms with E-state index in [4.69, 9.17) is 4.74 Å². The molecule has 0 aliphatic heterocycles. The summed E-state index contributed by atoms with van der Waals surface area (Å²) in [6.45, 7) is 2.78. The second-order valence-corrected chi connectivity index (χ2v) is 9.49. The van der Waals surface area contributed by atoms with E-state index in [0.29, 0.717) is 11.8 Å². The molecule has 0 aromatic carbocycles. The van der Waals surface area contributed by atoms with E-state index in [2.05, 4.69) is 21.9 Å². The van der Waals surface area contributed by atoms with E-state index in [9.17, 15) is 4.79 Å². The Balaban J connectivity index is 1.41. The van der Waals surface area contributed by atoms with Crippen molar-refractivity contribution in [3.05, 3.63) is 36.7 Å². The Bertz CT molecular complexity index is 758. The number of aromatic nitrogens is 3. The van der Waals surface area contributed by atoms with Crippen molar-refractivity contribution in [2.75, 3.05) is 12.4 Å². The van der Waals surface area contributed by atoms with Crippen molar-refractivity contribution in [1.29, 1.82) is 0 Å². The zero-order valence-corrected chi connectivity index (χ0v) is 21.2. The van der Waals surface area contributed by atoms with Crippen LogP contribution < -0.4 is 0 Å². The van der Waals surface area contributed by atoms with Crippen LogP contribution >= 0.6 is 11.8 Å². The smallest absolute Gasteiger partial charge is 0.316 e. The molecule has 2 aromatic rings. The van der Waals surface area contributed by atoms with Crippen LogP contribution in [0.25, 0.3) is 11.4 Å². The fourth-order valence-electron chi connectivity index (χ4n) is 3.72. The monoisotopic (exact) mass is 471 g/mol. The molecule has 2 heterocycles. The van der Waals surface area contributed by atoms with E-state index >= 15 is 0 Å². The Morgan fingerprint density at radius 2 is 1.39 bits per heavy atom. The van der Waals surface area contributed by atoms with E-state index in [1.54, 1.807) is 12.4 Å². The summed E-state index contributed by atoms with van der Waals surface area (Å²) in [6, 6.07) is 7.52. The molecule has 0 bridgehead atoms. The molecule has 33 heavy (non-hydrogen) atoms. The van der Waals surface area contributed by atoms with Crippen LogP contribution in [-0.2, 0) is 9.53 Å². The van der Waals surface area contributed by atoms with Gasteiger partial charge in [0.05, 0.1) is 23.7 Å². The molecule has 0 N–H and O–H groups in total. The number of carbonyl (C=O) groups is 1. The molecule has 0 aliphatic carbocycles. The van der Waals surface area contributed by atoms with Gasteiger partial charge in [-0.15, -0.1) is 0 Å². The lowest BCUT2D eigenvalue weighted by atomic mass is 10.0. The number of hydrogen-bond acceptors (Lipinski definition) is 6. The van der Waals surface area contributed by atoms with Crippen LogP contribution in [-0.4, -0.2) is 33.3 Å². The van der Waals surface area contributed by atoms with E-state index in [1.807, 2.05) is 24.3 Å². The third-order valence-corrected chi connectivity index (χ3v) is 6.48. The van der Waals surface area contributed by atoms with Gasteiger partial charge in [-0.1, -0.05) is 108 Å². The van der Waals surface area contributed by atoms with E-state index in [1.165, 1.54) is 88.8 Å². The molecule has 0 aliphatic rings. The van der Waals surface area contributed by atoms with Crippen LogP contribution in [0.5, 0.6) is 0 Å². The van der Waals surface area contributed by atoms with Crippen molar-refractivity contribution < 1.29 is 9.53 Å². The molecule has 0 saturated heterocycles. The average Bonchev–Trinajstić information content (AvgIpc) is 2.86. The third-order valence-electron chi connectivity index (χ3n) is 5.64. The highest BCUT2D eigenvalue weighted by molar-refractivity contribution is 7.99. The van der Waals surface area contributed by atoms with Crippen molar-refractivity contribution in [2.24, 2.45) is 0 Å². The molecule has 6 heteroatoms. The van der Waals surface area contributed by atoms with E-state index < -0.39 is 0 Å². The fraction of sp³-hybridized carbons (Fsp3) is 0.630. The minimum absolute atomic E-state index is 0.207. The summed E-state index contributed by atoms with van der Waals surface area (Å²) in [7, 11) is 0. The van der Waals surface area contributed by atoms with Crippen molar-refractivity contribution in [3.63, 3.8) is 0 Å². The molecule has 182 valence electrons. The predicted molar refractivity (Wildman–Crippen MR) is 137 cm³/mol. The summed E-state index contributed by atoms with van der Waals surface area (Å²) in [5.74, 6) is 0.0196. The quantitative estimate of drug-likeness (QED) is 0.0907. The Hall–Kier alpha value is -1.95. The third kappa shape index (κ3) is 13.4. The molecule has 2 rings (SSSR count).